The van der Waals surface area contributed by atoms with Crippen molar-refractivity contribution in [2.45, 2.75) is 24.1 Å². The molecule has 0 aromatic heterocycles. The first-order valence-electron chi connectivity index (χ1n) is 2.68. The summed E-state index contributed by atoms with van der Waals surface area (Å²) in [4.78, 5) is 0. The predicted octanol–water partition coefficient (Wildman–Crippen LogP) is 0.667. The van der Waals surface area contributed by atoms with E-state index in [1.165, 1.54) is 12.8 Å². The Labute approximate surface area is 49.9 Å². The molecule has 0 spiro atoms. The third-order valence-corrected chi connectivity index (χ3v) is 1.94. The monoisotopic (exact) mass is 117 g/mol. The van der Waals surface area contributed by atoms with E-state index in [2.05, 4.69) is 17.9 Å². The Morgan fingerprint density at radius 3 is 2.29 bits per heavy atom. The standard InChI is InChI=1S/C5H11NS/c1-6-4-2-5(7)3-4/h4-7H,2-3H2,1H3. The molecule has 0 radical (unpaired) electrons. The first-order valence-corrected chi connectivity index (χ1v) is 3.20. The van der Waals surface area contributed by atoms with E-state index in [0.29, 0.717) is 5.25 Å². The molecule has 0 atom stereocenters. The number of rotatable bonds is 1. The second-order valence-corrected chi connectivity index (χ2v) is 2.84. The van der Waals surface area contributed by atoms with E-state index in [4.69, 9.17) is 0 Å². The summed E-state index contributed by atoms with van der Waals surface area (Å²) < 4.78 is 0. The quantitative estimate of drug-likeness (QED) is 0.481. The summed E-state index contributed by atoms with van der Waals surface area (Å²) in [7, 11) is 2.00. The van der Waals surface area contributed by atoms with Gasteiger partial charge in [-0.2, -0.15) is 12.6 Å². The van der Waals surface area contributed by atoms with Gasteiger partial charge >= 0.3 is 0 Å². The van der Waals surface area contributed by atoms with Gasteiger partial charge in [-0.15, -0.1) is 0 Å². The van der Waals surface area contributed by atoms with Crippen LogP contribution < -0.4 is 5.32 Å². The molecule has 1 saturated carbocycles. The molecule has 1 aliphatic rings. The fraction of sp³-hybridized carbons (Fsp3) is 1.00. The van der Waals surface area contributed by atoms with Crippen molar-refractivity contribution >= 4 is 12.6 Å². The molecule has 0 heterocycles. The van der Waals surface area contributed by atoms with Gasteiger partial charge in [-0.05, 0) is 19.9 Å². The van der Waals surface area contributed by atoms with Gasteiger partial charge in [-0.25, -0.2) is 0 Å². The molecule has 0 bridgehead atoms. The van der Waals surface area contributed by atoms with E-state index >= 15 is 0 Å². The molecule has 7 heavy (non-hydrogen) atoms. The van der Waals surface area contributed by atoms with Gasteiger partial charge in [0.1, 0.15) is 0 Å². The van der Waals surface area contributed by atoms with Crippen LogP contribution in [0.5, 0.6) is 0 Å². The van der Waals surface area contributed by atoms with E-state index in [-0.39, 0.29) is 0 Å². The Morgan fingerprint density at radius 1 is 1.57 bits per heavy atom. The van der Waals surface area contributed by atoms with Crippen LogP contribution in [0.2, 0.25) is 0 Å². The van der Waals surface area contributed by atoms with E-state index in [1.54, 1.807) is 0 Å². The van der Waals surface area contributed by atoms with E-state index in [9.17, 15) is 0 Å². The van der Waals surface area contributed by atoms with Gasteiger partial charge in [0.2, 0.25) is 0 Å². The topological polar surface area (TPSA) is 12.0 Å². The van der Waals surface area contributed by atoms with Crippen LogP contribution in [0.25, 0.3) is 0 Å². The van der Waals surface area contributed by atoms with E-state index in [1.807, 2.05) is 7.05 Å². The maximum absolute atomic E-state index is 4.26. The van der Waals surface area contributed by atoms with Crippen molar-refractivity contribution in [2.24, 2.45) is 0 Å². The molecule has 0 saturated heterocycles. The zero-order chi connectivity index (χ0) is 5.28. The number of thiol groups is 1. The predicted molar refractivity (Wildman–Crippen MR) is 34.9 cm³/mol. The zero-order valence-corrected chi connectivity index (χ0v) is 5.41. The van der Waals surface area contributed by atoms with Gasteiger partial charge in [0.05, 0.1) is 0 Å². The molecule has 0 unspecified atom stereocenters. The SMILES string of the molecule is CNC1CC(S)C1. The Balaban J connectivity index is 2.06. The first kappa shape index (κ1) is 5.45. The number of nitrogens with one attached hydrogen (secondary N) is 1. The molecule has 1 N–H and O–H groups in total. The molecule has 2 heteroatoms. The van der Waals surface area contributed by atoms with E-state index in [0.717, 1.165) is 6.04 Å². The summed E-state index contributed by atoms with van der Waals surface area (Å²) in [5, 5.41) is 3.86. The number of hydrogen-bond donors (Lipinski definition) is 2. The lowest BCUT2D eigenvalue weighted by molar-refractivity contribution is 0.376. The highest BCUT2D eigenvalue weighted by Gasteiger charge is 2.23. The maximum atomic E-state index is 4.26. The van der Waals surface area contributed by atoms with Crippen molar-refractivity contribution < 1.29 is 0 Å². The molecule has 0 aromatic carbocycles. The van der Waals surface area contributed by atoms with Crippen LogP contribution in [0, 0.1) is 0 Å². The Hall–Kier alpha value is 0.310. The highest BCUT2D eigenvalue weighted by atomic mass is 32.1. The fourth-order valence-corrected chi connectivity index (χ4v) is 1.33. The molecule has 1 nitrogen and oxygen atoms in total. The van der Waals surface area contributed by atoms with Crippen molar-refractivity contribution in [3.63, 3.8) is 0 Å². The zero-order valence-electron chi connectivity index (χ0n) is 4.52. The third-order valence-electron chi connectivity index (χ3n) is 1.52. The Bertz CT molecular complexity index is 59.1. The maximum Gasteiger partial charge on any atom is 0.00849 e. The summed E-state index contributed by atoms with van der Waals surface area (Å²) in [6, 6.07) is 0.766. The van der Waals surface area contributed by atoms with Gasteiger partial charge in [0.25, 0.3) is 0 Å². The van der Waals surface area contributed by atoms with Crippen molar-refractivity contribution in [3.05, 3.63) is 0 Å². The highest BCUT2D eigenvalue weighted by molar-refractivity contribution is 7.81. The van der Waals surface area contributed by atoms with Crippen molar-refractivity contribution in [2.75, 3.05) is 7.05 Å². The van der Waals surface area contributed by atoms with Crippen molar-refractivity contribution in [3.8, 4) is 0 Å². The van der Waals surface area contributed by atoms with Gasteiger partial charge in [0.15, 0.2) is 0 Å². The second kappa shape index (κ2) is 2.05. The lowest BCUT2D eigenvalue weighted by atomic mass is 9.93. The molecule has 1 rings (SSSR count). The molecular formula is C5H11NS. The van der Waals surface area contributed by atoms with Crippen LogP contribution in [0.15, 0.2) is 0 Å². The Kier molecular flexibility index (Phi) is 1.60. The highest BCUT2D eigenvalue weighted by Crippen LogP contribution is 2.23. The average molecular weight is 117 g/mol. The van der Waals surface area contributed by atoms with Crippen molar-refractivity contribution in [1.82, 2.24) is 5.32 Å². The lowest BCUT2D eigenvalue weighted by Gasteiger charge is -2.31. The summed E-state index contributed by atoms with van der Waals surface area (Å²) in [5.74, 6) is 0. The lowest BCUT2D eigenvalue weighted by Crippen LogP contribution is -2.39. The molecular weight excluding hydrogens is 106 g/mol. The average Bonchev–Trinajstić information content (AvgIpc) is 1.58. The van der Waals surface area contributed by atoms with Crippen LogP contribution in [-0.2, 0) is 0 Å². The molecule has 0 aromatic rings. The summed E-state index contributed by atoms with van der Waals surface area (Å²) >= 11 is 4.26. The summed E-state index contributed by atoms with van der Waals surface area (Å²) in [6.07, 6.45) is 2.50. The minimum atomic E-state index is 0.678. The summed E-state index contributed by atoms with van der Waals surface area (Å²) in [6.45, 7) is 0. The van der Waals surface area contributed by atoms with Crippen LogP contribution in [0.4, 0.5) is 0 Å². The van der Waals surface area contributed by atoms with Gasteiger partial charge in [0, 0.05) is 11.3 Å². The molecule has 0 amide bonds. The van der Waals surface area contributed by atoms with Gasteiger partial charge in [-0.3, -0.25) is 0 Å². The summed E-state index contributed by atoms with van der Waals surface area (Å²) in [5.41, 5.74) is 0. The molecule has 0 aliphatic heterocycles. The molecule has 1 aliphatic carbocycles. The fourth-order valence-electron chi connectivity index (χ4n) is 0.824. The largest absolute Gasteiger partial charge is 0.317 e. The van der Waals surface area contributed by atoms with Crippen LogP contribution in [-0.4, -0.2) is 18.3 Å². The molecule has 1 fully saturated rings. The number of hydrogen-bond acceptors (Lipinski definition) is 2. The van der Waals surface area contributed by atoms with Crippen molar-refractivity contribution in [1.29, 1.82) is 0 Å². The van der Waals surface area contributed by atoms with E-state index < -0.39 is 0 Å². The van der Waals surface area contributed by atoms with Crippen LogP contribution in [0.3, 0.4) is 0 Å². The molecule has 42 valence electrons. The smallest absolute Gasteiger partial charge is 0.00849 e. The minimum absolute atomic E-state index is 0.678. The van der Waals surface area contributed by atoms with Gasteiger partial charge in [-0.1, -0.05) is 0 Å². The minimum Gasteiger partial charge on any atom is -0.317 e. The Morgan fingerprint density at radius 2 is 2.14 bits per heavy atom. The van der Waals surface area contributed by atoms with Crippen LogP contribution in [0.1, 0.15) is 12.8 Å². The normalized spacial score (nSPS) is 40.3. The first-order chi connectivity index (χ1) is 3.33. The third kappa shape index (κ3) is 1.10. The second-order valence-electron chi connectivity index (χ2n) is 2.11. The van der Waals surface area contributed by atoms with Crippen LogP contribution >= 0.6 is 12.6 Å². The van der Waals surface area contributed by atoms with Gasteiger partial charge < -0.3 is 5.32 Å².